The molecular formula is C17H10BrN5O4S. The van der Waals surface area contributed by atoms with E-state index in [9.17, 15) is 10.1 Å². The molecule has 11 heteroatoms. The van der Waals surface area contributed by atoms with E-state index in [1.165, 1.54) is 23.9 Å². The number of hydrogen-bond donors (Lipinski definition) is 0. The summed E-state index contributed by atoms with van der Waals surface area (Å²) in [5.74, 6) is 1.42. The van der Waals surface area contributed by atoms with Gasteiger partial charge in [-0.25, -0.2) is 0 Å². The van der Waals surface area contributed by atoms with Crippen LogP contribution in [0.4, 0.5) is 5.69 Å². The molecule has 0 saturated heterocycles. The fourth-order valence-corrected chi connectivity index (χ4v) is 3.28. The third kappa shape index (κ3) is 4.10. The molecule has 0 unspecified atom stereocenters. The predicted molar refractivity (Wildman–Crippen MR) is 103 cm³/mol. The zero-order valence-corrected chi connectivity index (χ0v) is 16.4. The fourth-order valence-electron chi connectivity index (χ4n) is 2.28. The Labute approximate surface area is 170 Å². The SMILES string of the molecule is O=[N+]([O-])c1ccc(-c2nnc(CSc3nnc(-c4cccc(Br)c4)o3)o2)cc1. The van der Waals surface area contributed by atoms with Crippen LogP contribution in [0.1, 0.15) is 5.89 Å². The van der Waals surface area contributed by atoms with Crippen molar-refractivity contribution in [1.82, 2.24) is 20.4 Å². The maximum atomic E-state index is 10.7. The van der Waals surface area contributed by atoms with E-state index >= 15 is 0 Å². The van der Waals surface area contributed by atoms with Crippen LogP contribution in [-0.2, 0) is 5.75 Å². The normalized spacial score (nSPS) is 10.9. The molecule has 0 saturated carbocycles. The molecule has 2 aromatic carbocycles. The second kappa shape index (κ2) is 7.90. The van der Waals surface area contributed by atoms with Crippen LogP contribution < -0.4 is 0 Å². The Hall–Kier alpha value is -3.05. The molecule has 140 valence electrons. The van der Waals surface area contributed by atoms with Crippen molar-refractivity contribution in [1.29, 1.82) is 0 Å². The number of nitrogens with zero attached hydrogens (tertiary/aromatic N) is 5. The van der Waals surface area contributed by atoms with Crippen molar-refractivity contribution >= 4 is 33.4 Å². The zero-order valence-electron chi connectivity index (χ0n) is 14.0. The van der Waals surface area contributed by atoms with E-state index in [4.69, 9.17) is 8.83 Å². The molecule has 0 aliphatic heterocycles. The molecule has 0 spiro atoms. The van der Waals surface area contributed by atoms with Crippen LogP contribution in [0.5, 0.6) is 0 Å². The first kappa shape index (κ1) is 18.3. The third-order valence-corrected chi connectivity index (χ3v) is 4.89. The lowest BCUT2D eigenvalue weighted by atomic mass is 10.2. The molecule has 0 amide bonds. The van der Waals surface area contributed by atoms with Crippen LogP contribution in [0.15, 0.2) is 67.1 Å². The lowest BCUT2D eigenvalue weighted by Gasteiger charge is -1.95. The van der Waals surface area contributed by atoms with Gasteiger partial charge in [0.2, 0.25) is 17.7 Å². The highest BCUT2D eigenvalue weighted by Gasteiger charge is 2.14. The second-order valence-electron chi connectivity index (χ2n) is 5.48. The number of benzene rings is 2. The maximum absolute atomic E-state index is 10.7. The van der Waals surface area contributed by atoms with Gasteiger partial charge in [0.25, 0.3) is 10.9 Å². The summed E-state index contributed by atoms with van der Waals surface area (Å²) in [6.45, 7) is 0. The van der Waals surface area contributed by atoms with Crippen molar-refractivity contribution in [2.75, 3.05) is 0 Å². The molecule has 4 rings (SSSR count). The van der Waals surface area contributed by atoms with Crippen molar-refractivity contribution < 1.29 is 13.8 Å². The smallest absolute Gasteiger partial charge is 0.277 e. The summed E-state index contributed by atoms with van der Waals surface area (Å²) in [6.07, 6.45) is 0. The average Bonchev–Trinajstić information content (AvgIpc) is 3.36. The minimum Gasteiger partial charge on any atom is -0.420 e. The number of nitro groups is 1. The highest BCUT2D eigenvalue weighted by Crippen LogP contribution is 2.28. The molecule has 9 nitrogen and oxygen atoms in total. The Balaban J connectivity index is 1.42. The molecule has 0 fully saturated rings. The van der Waals surface area contributed by atoms with Gasteiger partial charge in [-0.05, 0) is 30.3 Å². The fraction of sp³-hybridized carbons (Fsp3) is 0.0588. The Kier molecular flexibility index (Phi) is 5.17. The quantitative estimate of drug-likeness (QED) is 0.228. The molecule has 2 aromatic heterocycles. The van der Waals surface area contributed by atoms with Gasteiger partial charge in [-0.2, -0.15) is 0 Å². The molecule has 4 aromatic rings. The number of halogens is 1. The van der Waals surface area contributed by atoms with Gasteiger partial charge in [-0.1, -0.05) is 33.8 Å². The van der Waals surface area contributed by atoms with Crippen LogP contribution in [0, 0.1) is 10.1 Å². The third-order valence-electron chi connectivity index (χ3n) is 3.59. The zero-order chi connectivity index (χ0) is 19.5. The molecular weight excluding hydrogens is 450 g/mol. The van der Waals surface area contributed by atoms with Crippen molar-refractivity contribution in [3.8, 4) is 22.9 Å². The Morgan fingerprint density at radius 3 is 2.46 bits per heavy atom. The lowest BCUT2D eigenvalue weighted by molar-refractivity contribution is -0.384. The van der Waals surface area contributed by atoms with E-state index in [1.54, 1.807) is 12.1 Å². The largest absolute Gasteiger partial charge is 0.420 e. The summed E-state index contributed by atoms with van der Waals surface area (Å²) in [4.78, 5) is 10.2. The number of thioether (sulfide) groups is 1. The number of rotatable bonds is 6. The van der Waals surface area contributed by atoms with E-state index in [2.05, 4.69) is 36.3 Å². The summed E-state index contributed by atoms with van der Waals surface area (Å²) in [6, 6.07) is 13.4. The predicted octanol–water partition coefficient (Wildman–Crippen LogP) is 4.75. The summed E-state index contributed by atoms with van der Waals surface area (Å²) in [5.41, 5.74) is 1.41. The average molecular weight is 460 g/mol. The van der Waals surface area contributed by atoms with Gasteiger partial charge in [0.1, 0.15) is 0 Å². The topological polar surface area (TPSA) is 121 Å². The number of hydrogen-bond acceptors (Lipinski definition) is 9. The van der Waals surface area contributed by atoms with Gasteiger partial charge in [0.15, 0.2) is 0 Å². The minimum atomic E-state index is -0.466. The van der Waals surface area contributed by atoms with Gasteiger partial charge in [0, 0.05) is 27.7 Å². The molecule has 0 aliphatic rings. The van der Waals surface area contributed by atoms with Crippen LogP contribution in [0.3, 0.4) is 0 Å². The van der Waals surface area contributed by atoms with Crippen molar-refractivity contribution in [2.45, 2.75) is 11.0 Å². The van der Waals surface area contributed by atoms with E-state index in [-0.39, 0.29) is 11.6 Å². The van der Waals surface area contributed by atoms with Gasteiger partial charge in [0.05, 0.1) is 10.7 Å². The first-order valence-electron chi connectivity index (χ1n) is 7.88. The number of non-ortho nitro benzene ring substituents is 1. The first-order valence-corrected chi connectivity index (χ1v) is 9.66. The molecule has 0 radical (unpaired) electrons. The highest BCUT2D eigenvalue weighted by molar-refractivity contribution is 9.10. The van der Waals surface area contributed by atoms with Gasteiger partial charge < -0.3 is 8.83 Å². The molecule has 2 heterocycles. The highest BCUT2D eigenvalue weighted by atomic mass is 79.9. The maximum Gasteiger partial charge on any atom is 0.277 e. The molecule has 28 heavy (non-hydrogen) atoms. The molecule has 0 bridgehead atoms. The van der Waals surface area contributed by atoms with E-state index in [0.29, 0.717) is 28.3 Å². The van der Waals surface area contributed by atoms with E-state index in [1.807, 2.05) is 24.3 Å². The van der Waals surface area contributed by atoms with Crippen molar-refractivity contribution in [2.24, 2.45) is 0 Å². The lowest BCUT2D eigenvalue weighted by Crippen LogP contribution is -1.87. The summed E-state index contributed by atoms with van der Waals surface area (Å²) < 4.78 is 12.1. The Morgan fingerprint density at radius 2 is 1.71 bits per heavy atom. The Bertz CT molecular complexity index is 1130. The van der Waals surface area contributed by atoms with Crippen molar-refractivity contribution in [3.05, 3.63) is 69.0 Å². The van der Waals surface area contributed by atoms with Gasteiger partial charge >= 0.3 is 0 Å². The molecule has 0 atom stereocenters. The van der Waals surface area contributed by atoms with Crippen LogP contribution in [0.2, 0.25) is 0 Å². The van der Waals surface area contributed by atoms with Crippen LogP contribution in [-0.4, -0.2) is 25.3 Å². The van der Waals surface area contributed by atoms with Crippen LogP contribution in [0.25, 0.3) is 22.9 Å². The van der Waals surface area contributed by atoms with Crippen molar-refractivity contribution in [3.63, 3.8) is 0 Å². The summed E-state index contributed by atoms with van der Waals surface area (Å²) >= 11 is 4.67. The monoisotopic (exact) mass is 459 g/mol. The van der Waals surface area contributed by atoms with Gasteiger partial charge in [-0.3, -0.25) is 10.1 Å². The van der Waals surface area contributed by atoms with Crippen LogP contribution >= 0.6 is 27.7 Å². The second-order valence-corrected chi connectivity index (χ2v) is 7.32. The van der Waals surface area contributed by atoms with E-state index < -0.39 is 4.92 Å². The number of aromatic nitrogens is 4. The molecule has 0 aliphatic carbocycles. The summed E-state index contributed by atoms with van der Waals surface area (Å²) in [7, 11) is 0. The standard InChI is InChI=1S/C17H10BrN5O4S/c18-12-3-1-2-11(8-12)16-21-22-17(27-16)28-9-14-19-20-15(26-14)10-4-6-13(7-5-10)23(24)25/h1-8H,9H2. The van der Waals surface area contributed by atoms with Gasteiger partial charge in [-0.15, -0.1) is 20.4 Å². The first-order chi connectivity index (χ1) is 13.6. The number of nitro benzene ring substituents is 1. The molecule has 0 N–H and O–H groups in total. The summed E-state index contributed by atoms with van der Waals surface area (Å²) in [5, 5.41) is 27.1. The Morgan fingerprint density at radius 1 is 0.964 bits per heavy atom. The minimum absolute atomic E-state index is 0.00307. The van der Waals surface area contributed by atoms with E-state index in [0.717, 1.165) is 10.0 Å².